The lowest BCUT2D eigenvalue weighted by molar-refractivity contribution is 0.253. The monoisotopic (exact) mass is 208 g/mol. The van der Waals surface area contributed by atoms with E-state index < -0.39 is 0 Å². The number of hydrogen-bond acceptors (Lipinski definition) is 3. The average Bonchev–Trinajstić information content (AvgIpc) is 2.84. The van der Waals surface area contributed by atoms with Gasteiger partial charge >= 0.3 is 0 Å². The van der Waals surface area contributed by atoms with Crippen molar-refractivity contribution < 1.29 is 0 Å². The Labute approximate surface area is 91.1 Å². The van der Waals surface area contributed by atoms with Gasteiger partial charge in [-0.3, -0.25) is 9.58 Å². The first-order chi connectivity index (χ1) is 7.36. The van der Waals surface area contributed by atoms with Crippen molar-refractivity contribution in [3.63, 3.8) is 0 Å². The Balaban J connectivity index is 2.15. The number of likely N-dealkylation sites (tertiary alicyclic amines) is 1. The standard InChI is InChI=1S/C11H20N4/c1-2-15-11(5-7-13-15)10-4-3-8-14(10)9-6-12/h5,7,10H,2-4,6,8-9,12H2,1H3/t10-/m0/s1. The molecule has 1 fully saturated rings. The van der Waals surface area contributed by atoms with Gasteiger partial charge < -0.3 is 5.73 Å². The van der Waals surface area contributed by atoms with Crippen molar-refractivity contribution in [2.75, 3.05) is 19.6 Å². The molecule has 0 saturated carbocycles. The van der Waals surface area contributed by atoms with Crippen LogP contribution < -0.4 is 5.73 Å². The summed E-state index contributed by atoms with van der Waals surface area (Å²) >= 11 is 0. The fourth-order valence-electron chi connectivity index (χ4n) is 2.48. The van der Waals surface area contributed by atoms with E-state index >= 15 is 0 Å². The SMILES string of the molecule is CCn1nccc1[C@@H]1CCCN1CCN. The Morgan fingerprint density at radius 1 is 1.60 bits per heavy atom. The summed E-state index contributed by atoms with van der Waals surface area (Å²) in [6.45, 7) is 6.01. The number of aryl methyl sites for hydroxylation is 1. The van der Waals surface area contributed by atoms with E-state index in [1.54, 1.807) is 0 Å². The Kier molecular flexibility index (Phi) is 3.38. The van der Waals surface area contributed by atoms with Crippen LogP contribution in [0.5, 0.6) is 0 Å². The third-order valence-electron chi connectivity index (χ3n) is 3.17. The van der Waals surface area contributed by atoms with Crippen LogP contribution in [-0.4, -0.2) is 34.3 Å². The summed E-state index contributed by atoms with van der Waals surface area (Å²) in [5.41, 5.74) is 6.98. The molecule has 4 nitrogen and oxygen atoms in total. The van der Waals surface area contributed by atoms with Crippen LogP contribution in [0.15, 0.2) is 12.3 Å². The molecule has 15 heavy (non-hydrogen) atoms. The third kappa shape index (κ3) is 2.06. The van der Waals surface area contributed by atoms with Gasteiger partial charge in [0, 0.05) is 25.8 Å². The second kappa shape index (κ2) is 4.77. The van der Waals surface area contributed by atoms with Gasteiger partial charge in [0.25, 0.3) is 0 Å². The molecule has 2 N–H and O–H groups in total. The molecule has 0 aromatic carbocycles. The molecule has 0 aliphatic carbocycles. The van der Waals surface area contributed by atoms with Gasteiger partial charge in [0.2, 0.25) is 0 Å². The van der Waals surface area contributed by atoms with E-state index in [0.717, 1.165) is 19.6 Å². The molecule has 2 rings (SSSR count). The zero-order valence-corrected chi connectivity index (χ0v) is 9.39. The highest BCUT2D eigenvalue weighted by molar-refractivity contribution is 5.09. The molecule has 84 valence electrons. The Morgan fingerprint density at radius 2 is 2.47 bits per heavy atom. The van der Waals surface area contributed by atoms with Crippen LogP contribution in [0.2, 0.25) is 0 Å². The zero-order valence-electron chi connectivity index (χ0n) is 9.39. The van der Waals surface area contributed by atoms with Gasteiger partial charge in [0.1, 0.15) is 0 Å². The minimum Gasteiger partial charge on any atom is -0.329 e. The zero-order chi connectivity index (χ0) is 10.7. The second-order valence-corrected chi connectivity index (χ2v) is 4.05. The van der Waals surface area contributed by atoms with Crippen molar-refractivity contribution in [1.29, 1.82) is 0 Å². The first kappa shape index (κ1) is 10.6. The van der Waals surface area contributed by atoms with Crippen molar-refractivity contribution in [1.82, 2.24) is 14.7 Å². The molecule has 1 aromatic heterocycles. The second-order valence-electron chi connectivity index (χ2n) is 4.05. The molecule has 0 unspecified atom stereocenters. The van der Waals surface area contributed by atoms with E-state index in [1.807, 2.05) is 6.20 Å². The van der Waals surface area contributed by atoms with Crippen molar-refractivity contribution in [3.8, 4) is 0 Å². The van der Waals surface area contributed by atoms with E-state index in [2.05, 4.69) is 27.7 Å². The van der Waals surface area contributed by atoms with E-state index in [9.17, 15) is 0 Å². The molecule has 4 heteroatoms. The number of nitrogens with zero attached hydrogens (tertiary/aromatic N) is 3. The molecule has 1 saturated heterocycles. The molecule has 1 atom stereocenters. The van der Waals surface area contributed by atoms with E-state index in [4.69, 9.17) is 5.73 Å². The summed E-state index contributed by atoms with van der Waals surface area (Å²) < 4.78 is 2.10. The maximum absolute atomic E-state index is 5.63. The van der Waals surface area contributed by atoms with Gasteiger partial charge in [-0.15, -0.1) is 0 Å². The Hall–Kier alpha value is -0.870. The fraction of sp³-hybridized carbons (Fsp3) is 0.727. The van der Waals surface area contributed by atoms with Crippen molar-refractivity contribution >= 4 is 0 Å². The maximum atomic E-state index is 5.63. The normalized spacial score (nSPS) is 22.4. The molecule has 2 heterocycles. The molecule has 0 amide bonds. The largest absolute Gasteiger partial charge is 0.329 e. The Bertz CT molecular complexity index is 307. The van der Waals surface area contributed by atoms with E-state index in [0.29, 0.717) is 6.04 Å². The van der Waals surface area contributed by atoms with Crippen LogP contribution in [0, 0.1) is 0 Å². The van der Waals surface area contributed by atoms with Crippen LogP contribution in [0.1, 0.15) is 31.5 Å². The van der Waals surface area contributed by atoms with Crippen LogP contribution in [0.3, 0.4) is 0 Å². The molecule has 0 radical (unpaired) electrons. The van der Waals surface area contributed by atoms with Gasteiger partial charge in [-0.1, -0.05) is 0 Å². The van der Waals surface area contributed by atoms with Gasteiger partial charge in [-0.25, -0.2) is 0 Å². The maximum Gasteiger partial charge on any atom is 0.0555 e. The van der Waals surface area contributed by atoms with Crippen LogP contribution in [0.25, 0.3) is 0 Å². The topological polar surface area (TPSA) is 47.1 Å². The highest BCUT2D eigenvalue weighted by atomic mass is 15.3. The molecular weight excluding hydrogens is 188 g/mol. The van der Waals surface area contributed by atoms with Crippen LogP contribution in [0.4, 0.5) is 0 Å². The molecule has 1 aliphatic heterocycles. The van der Waals surface area contributed by atoms with Gasteiger partial charge in [0.05, 0.1) is 11.7 Å². The molecule has 1 aliphatic rings. The molecule has 0 bridgehead atoms. The van der Waals surface area contributed by atoms with Gasteiger partial charge in [0.15, 0.2) is 0 Å². The minimum atomic E-state index is 0.538. The highest BCUT2D eigenvalue weighted by Gasteiger charge is 2.27. The average molecular weight is 208 g/mol. The molecule has 0 spiro atoms. The lowest BCUT2D eigenvalue weighted by Crippen LogP contribution is -2.30. The lowest BCUT2D eigenvalue weighted by Gasteiger charge is -2.24. The number of rotatable bonds is 4. The van der Waals surface area contributed by atoms with Crippen molar-refractivity contribution in [3.05, 3.63) is 18.0 Å². The van der Waals surface area contributed by atoms with Crippen LogP contribution in [-0.2, 0) is 6.54 Å². The number of aromatic nitrogens is 2. The summed E-state index contributed by atoms with van der Waals surface area (Å²) in [5, 5.41) is 4.33. The fourth-order valence-corrected chi connectivity index (χ4v) is 2.48. The summed E-state index contributed by atoms with van der Waals surface area (Å²) in [7, 11) is 0. The predicted octanol–water partition coefficient (Wildman–Crippen LogP) is 0.999. The predicted molar refractivity (Wildman–Crippen MR) is 60.5 cm³/mol. The Morgan fingerprint density at radius 3 is 3.20 bits per heavy atom. The quantitative estimate of drug-likeness (QED) is 0.803. The smallest absolute Gasteiger partial charge is 0.0555 e. The van der Waals surface area contributed by atoms with Crippen LogP contribution >= 0.6 is 0 Å². The summed E-state index contributed by atoms with van der Waals surface area (Å²) in [6.07, 6.45) is 4.42. The van der Waals surface area contributed by atoms with Gasteiger partial charge in [-0.05, 0) is 32.4 Å². The third-order valence-corrected chi connectivity index (χ3v) is 3.17. The van der Waals surface area contributed by atoms with E-state index in [-0.39, 0.29) is 0 Å². The summed E-state index contributed by atoms with van der Waals surface area (Å²) in [5.74, 6) is 0. The first-order valence-corrected chi connectivity index (χ1v) is 5.82. The van der Waals surface area contributed by atoms with Crippen molar-refractivity contribution in [2.45, 2.75) is 32.4 Å². The number of hydrogen-bond donors (Lipinski definition) is 1. The minimum absolute atomic E-state index is 0.538. The van der Waals surface area contributed by atoms with Gasteiger partial charge in [-0.2, -0.15) is 5.10 Å². The number of nitrogens with two attached hydrogens (primary N) is 1. The lowest BCUT2D eigenvalue weighted by atomic mass is 10.1. The molecular formula is C11H20N4. The first-order valence-electron chi connectivity index (χ1n) is 5.82. The summed E-state index contributed by atoms with van der Waals surface area (Å²) in [6, 6.07) is 2.68. The van der Waals surface area contributed by atoms with Crippen molar-refractivity contribution in [2.24, 2.45) is 5.73 Å². The summed E-state index contributed by atoms with van der Waals surface area (Å²) in [4.78, 5) is 2.48. The molecule has 1 aromatic rings. The van der Waals surface area contributed by atoms with E-state index in [1.165, 1.54) is 25.1 Å². The highest BCUT2D eigenvalue weighted by Crippen LogP contribution is 2.30.